The Kier molecular flexibility index (Phi) is 3.78. The smallest absolute Gasteiger partial charge is 0.404 e. The standard InChI is InChI=1S/C11H21NO2/c1-11(2,8-12-10(13)14)9-6-4-3-5-7-9/h9,12H,3-8H2,1-2H3,(H,13,14). The predicted molar refractivity (Wildman–Crippen MR) is 56.4 cm³/mol. The minimum absolute atomic E-state index is 0.110. The van der Waals surface area contributed by atoms with Gasteiger partial charge in [-0.15, -0.1) is 0 Å². The summed E-state index contributed by atoms with van der Waals surface area (Å²) in [5, 5.41) is 11.1. The van der Waals surface area contributed by atoms with Gasteiger partial charge in [0.2, 0.25) is 0 Å². The summed E-state index contributed by atoms with van der Waals surface area (Å²) in [6.07, 6.45) is 5.57. The van der Waals surface area contributed by atoms with Crippen molar-refractivity contribution in [2.75, 3.05) is 6.54 Å². The number of carbonyl (C=O) groups is 1. The fraction of sp³-hybridized carbons (Fsp3) is 0.909. The second-order valence-corrected chi connectivity index (χ2v) is 4.98. The van der Waals surface area contributed by atoms with E-state index in [1.165, 1.54) is 32.1 Å². The number of hydrogen-bond donors (Lipinski definition) is 2. The first kappa shape index (κ1) is 11.3. The van der Waals surface area contributed by atoms with Gasteiger partial charge in [-0.05, 0) is 24.2 Å². The van der Waals surface area contributed by atoms with Crippen LogP contribution in [0.5, 0.6) is 0 Å². The third-order valence-corrected chi connectivity index (χ3v) is 3.41. The Bertz CT molecular complexity index is 195. The van der Waals surface area contributed by atoms with E-state index in [1.54, 1.807) is 0 Å². The lowest BCUT2D eigenvalue weighted by Crippen LogP contribution is -2.38. The van der Waals surface area contributed by atoms with Crippen LogP contribution in [0.15, 0.2) is 0 Å². The molecular formula is C11H21NO2. The second-order valence-electron chi connectivity index (χ2n) is 4.98. The van der Waals surface area contributed by atoms with Crippen molar-refractivity contribution in [2.24, 2.45) is 11.3 Å². The van der Waals surface area contributed by atoms with Crippen LogP contribution in [0.25, 0.3) is 0 Å². The molecule has 0 aromatic carbocycles. The highest BCUT2D eigenvalue weighted by atomic mass is 16.4. The number of rotatable bonds is 3. The van der Waals surface area contributed by atoms with Crippen LogP contribution >= 0.6 is 0 Å². The van der Waals surface area contributed by atoms with Gasteiger partial charge in [-0.2, -0.15) is 0 Å². The maximum Gasteiger partial charge on any atom is 0.404 e. The molecule has 1 saturated carbocycles. The fourth-order valence-corrected chi connectivity index (χ4v) is 2.33. The van der Waals surface area contributed by atoms with Crippen LogP contribution in [0.3, 0.4) is 0 Å². The molecule has 2 N–H and O–H groups in total. The number of amides is 1. The highest BCUT2D eigenvalue weighted by Gasteiger charge is 2.30. The Hall–Kier alpha value is -0.730. The molecule has 3 nitrogen and oxygen atoms in total. The zero-order valence-electron chi connectivity index (χ0n) is 9.18. The normalized spacial score (nSPS) is 19.3. The van der Waals surface area contributed by atoms with Gasteiger partial charge in [-0.25, -0.2) is 4.79 Å². The lowest BCUT2D eigenvalue weighted by Gasteiger charge is -2.36. The zero-order chi connectivity index (χ0) is 10.6. The summed E-state index contributed by atoms with van der Waals surface area (Å²) < 4.78 is 0. The first-order valence-corrected chi connectivity index (χ1v) is 5.49. The Morgan fingerprint density at radius 2 is 1.93 bits per heavy atom. The van der Waals surface area contributed by atoms with Crippen LogP contribution in [0.2, 0.25) is 0 Å². The topological polar surface area (TPSA) is 49.3 Å². The van der Waals surface area contributed by atoms with Crippen molar-refractivity contribution in [1.29, 1.82) is 0 Å². The van der Waals surface area contributed by atoms with E-state index >= 15 is 0 Å². The average Bonchev–Trinajstić information content (AvgIpc) is 2.16. The van der Waals surface area contributed by atoms with Gasteiger partial charge in [-0.1, -0.05) is 33.1 Å². The highest BCUT2D eigenvalue weighted by Crippen LogP contribution is 2.37. The predicted octanol–water partition coefficient (Wildman–Crippen LogP) is 2.86. The minimum Gasteiger partial charge on any atom is -0.465 e. The molecule has 0 radical (unpaired) electrons. The van der Waals surface area contributed by atoms with Gasteiger partial charge in [0.05, 0.1) is 0 Å². The molecular weight excluding hydrogens is 178 g/mol. The largest absolute Gasteiger partial charge is 0.465 e. The number of nitrogens with one attached hydrogen (secondary N) is 1. The van der Waals surface area contributed by atoms with Gasteiger partial charge in [0.1, 0.15) is 0 Å². The molecule has 1 aliphatic rings. The van der Waals surface area contributed by atoms with Crippen molar-refractivity contribution in [3.8, 4) is 0 Å². The third-order valence-electron chi connectivity index (χ3n) is 3.41. The molecule has 1 rings (SSSR count). The Balaban J connectivity index is 2.41. The molecule has 82 valence electrons. The van der Waals surface area contributed by atoms with Crippen LogP contribution in [-0.4, -0.2) is 17.7 Å². The average molecular weight is 199 g/mol. The molecule has 0 aliphatic heterocycles. The molecule has 1 fully saturated rings. The van der Waals surface area contributed by atoms with Crippen molar-refractivity contribution in [2.45, 2.75) is 46.0 Å². The Morgan fingerprint density at radius 1 is 1.36 bits per heavy atom. The summed E-state index contributed by atoms with van der Waals surface area (Å²) in [6, 6.07) is 0. The van der Waals surface area contributed by atoms with Crippen LogP contribution in [0.4, 0.5) is 4.79 Å². The molecule has 1 aliphatic carbocycles. The van der Waals surface area contributed by atoms with Gasteiger partial charge in [0, 0.05) is 6.54 Å². The van der Waals surface area contributed by atoms with Gasteiger partial charge < -0.3 is 10.4 Å². The first-order chi connectivity index (χ1) is 6.52. The molecule has 1 amide bonds. The molecule has 14 heavy (non-hydrogen) atoms. The third kappa shape index (κ3) is 3.20. The maximum atomic E-state index is 10.4. The summed E-state index contributed by atoms with van der Waals surface area (Å²) in [4.78, 5) is 10.4. The van der Waals surface area contributed by atoms with E-state index in [9.17, 15) is 4.79 Å². The van der Waals surface area contributed by atoms with E-state index < -0.39 is 6.09 Å². The summed E-state index contributed by atoms with van der Waals surface area (Å²) >= 11 is 0. The molecule has 0 heterocycles. The van der Waals surface area contributed by atoms with E-state index in [4.69, 9.17) is 5.11 Å². The van der Waals surface area contributed by atoms with Crippen molar-refractivity contribution >= 4 is 6.09 Å². The summed E-state index contributed by atoms with van der Waals surface area (Å²) in [6.45, 7) is 4.91. The number of hydrogen-bond acceptors (Lipinski definition) is 1. The molecule has 0 spiro atoms. The SMILES string of the molecule is CC(C)(CNC(=O)O)C1CCCCC1. The van der Waals surface area contributed by atoms with Gasteiger partial charge in [-0.3, -0.25) is 0 Å². The van der Waals surface area contributed by atoms with Gasteiger partial charge >= 0.3 is 6.09 Å². The van der Waals surface area contributed by atoms with Crippen molar-refractivity contribution in [1.82, 2.24) is 5.32 Å². The first-order valence-electron chi connectivity index (χ1n) is 5.49. The summed E-state index contributed by atoms with van der Waals surface area (Å²) in [5.74, 6) is 0.683. The summed E-state index contributed by atoms with van der Waals surface area (Å²) in [5.41, 5.74) is 0.110. The zero-order valence-corrected chi connectivity index (χ0v) is 9.18. The van der Waals surface area contributed by atoms with Crippen LogP contribution in [0, 0.1) is 11.3 Å². The molecule has 0 unspecified atom stereocenters. The van der Waals surface area contributed by atoms with Crippen molar-refractivity contribution in [3.63, 3.8) is 0 Å². The lowest BCUT2D eigenvalue weighted by atomic mass is 9.71. The number of carboxylic acid groups (broad SMARTS) is 1. The second kappa shape index (κ2) is 4.67. The van der Waals surface area contributed by atoms with Crippen molar-refractivity contribution < 1.29 is 9.90 Å². The van der Waals surface area contributed by atoms with E-state index in [-0.39, 0.29) is 5.41 Å². The quantitative estimate of drug-likeness (QED) is 0.734. The molecule has 0 bridgehead atoms. The molecule has 0 atom stereocenters. The Morgan fingerprint density at radius 3 is 2.43 bits per heavy atom. The molecule has 0 aromatic heterocycles. The molecule has 3 heteroatoms. The maximum absolute atomic E-state index is 10.4. The van der Waals surface area contributed by atoms with Crippen LogP contribution in [0.1, 0.15) is 46.0 Å². The van der Waals surface area contributed by atoms with Gasteiger partial charge in [0.15, 0.2) is 0 Å². The fourth-order valence-electron chi connectivity index (χ4n) is 2.33. The van der Waals surface area contributed by atoms with E-state index in [1.807, 2.05) is 0 Å². The van der Waals surface area contributed by atoms with Crippen molar-refractivity contribution in [3.05, 3.63) is 0 Å². The lowest BCUT2D eigenvalue weighted by molar-refractivity contribution is 0.144. The monoisotopic (exact) mass is 199 g/mol. The highest BCUT2D eigenvalue weighted by molar-refractivity contribution is 5.64. The van der Waals surface area contributed by atoms with E-state index in [0.717, 1.165) is 0 Å². The molecule has 0 aromatic rings. The summed E-state index contributed by atoms with van der Waals surface area (Å²) in [7, 11) is 0. The molecule has 0 saturated heterocycles. The van der Waals surface area contributed by atoms with E-state index in [0.29, 0.717) is 12.5 Å². The Labute approximate surface area is 85.9 Å². The van der Waals surface area contributed by atoms with Gasteiger partial charge in [0.25, 0.3) is 0 Å². The van der Waals surface area contributed by atoms with Crippen LogP contribution < -0.4 is 5.32 Å². The van der Waals surface area contributed by atoms with E-state index in [2.05, 4.69) is 19.2 Å². The van der Waals surface area contributed by atoms with Crippen LogP contribution in [-0.2, 0) is 0 Å². The minimum atomic E-state index is -0.908.